The average molecular weight is 416 g/mol. The number of carbonyl (C=O) groups excluding carboxylic acids is 1. The molecule has 30 heavy (non-hydrogen) atoms. The number of likely N-dealkylation sites (tertiary alicyclic amines) is 1. The maximum Gasteiger partial charge on any atom is 0.253 e. The van der Waals surface area contributed by atoms with Crippen LogP contribution in [0.15, 0.2) is 29.3 Å². The number of amides is 1. The topological polar surface area (TPSA) is 60.4 Å². The van der Waals surface area contributed by atoms with Gasteiger partial charge in [-0.25, -0.2) is 4.99 Å². The molecule has 0 spiro atoms. The van der Waals surface area contributed by atoms with E-state index >= 15 is 0 Å². The maximum absolute atomic E-state index is 12.5. The molecule has 2 fully saturated rings. The first-order chi connectivity index (χ1) is 14.7. The summed E-state index contributed by atoms with van der Waals surface area (Å²) in [6, 6.07) is 8.46. The molecule has 2 aliphatic rings. The van der Waals surface area contributed by atoms with Crippen LogP contribution >= 0.6 is 0 Å². The fraction of sp³-hybridized carbons (Fsp3) is 0.652. The lowest BCUT2D eigenvalue weighted by Crippen LogP contribution is -2.46. The van der Waals surface area contributed by atoms with E-state index in [1.165, 1.54) is 6.42 Å². The van der Waals surface area contributed by atoms with Crippen molar-refractivity contribution in [1.82, 2.24) is 20.0 Å². The van der Waals surface area contributed by atoms with E-state index in [9.17, 15) is 4.79 Å². The first-order valence-electron chi connectivity index (χ1n) is 11.4. The Balaban J connectivity index is 1.60. The van der Waals surface area contributed by atoms with Gasteiger partial charge in [0.2, 0.25) is 0 Å². The summed E-state index contributed by atoms with van der Waals surface area (Å²) in [6.45, 7) is 14.9. The fourth-order valence-corrected chi connectivity index (χ4v) is 4.21. The third kappa shape index (κ3) is 5.73. The minimum atomic E-state index is 0.0922. The predicted octanol–water partition coefficient (Wildman–Crippen LogP) is 2.04. The lowest BCUT2D eigenvalue weighted by atomic mass is 10.1. The normalized spacial score (nSPS) is 20.4. The van der Waals surface area contributed by atoms with Crippen LogP contribution in [-0.2, 0) is 11.3 Å². The van der Waals surface area contributed by atoms with E-state index in [1.807, 2.05) is 43.0 Å². The molecule has 1 aromatic carbocycles. The van der Waals surface area contributed by atoms with E-state index < -0.39 is 0 Å². The Kier molecular flexibility index (Phi) is 8.51. The molecule has 2 aliphatic heterocycles. The number of nitrogens with one attached hydrogen (secondary N) is 1. The van der Waals surface area contributed by atoms with Crippen LogP contribution in [0.4, 0.5) is 0 Å². The molecule has 2 saturated heterocycles. The monoisotopic (exact) mass is 415 g/mol. The van der Waals surface area contributed by atoms with E-state index in [1.54, 1.807) is 0 Å². The Morgan fingerprint density at radius 1 is 1.13 bits per heavy atom. The van der Waals surface area contributed by atoms with E-state index in [0.29, 0.717) is 12.6 Å². The van der Waals surface area contributed by atoms with Crippen LogP contribution in [0.25, 0.3) is 0 Å². The number of nitrogens with zero attached hydrogens (tertiary/aromatic N) is 4. The zero-order valence-electron chi connectivity index (χ0n) is 18.8. The molecule has 1 unspecified atom stereocenters. The lowest BCUT2D eigenvalue weighted by Gasteiger charge is -2.32. The predicted molar refractivity (Wildman–Crippen MR) is 121 cm³/mol. The Morgan fingerprint density at radius 2 is 1.83 bits per heavy atom. The Bertz CT molecular complexity index is 696. The number of benzene rings is 1. The minimum Gasteiger partial charge on any atom is -0.379 e. The molecular weight excluding hydrogens is 378 g/mol. The highest BCUT2D eigenvalue weighted by molar-refractivity contribution is 5.94. The number of guanidine groups is 1. The van der Waals surface area contributed by atoms with Gasteiger partial charge in [-0.05, 0) is 44.9 Å². The van der Waals surface area contributed by atoms with Gasteiger partial charge in [-0.3, -0.25) is 9.69 Å². The van der Waals surface area contributed by atoms with Crippen molar-refractivity contribution < 1.29 is 9.53 Å². The second-order valence-electron chi connectivity index (χ2n) is 7.88. The molecule has 1 N–H and O–H groups in total. The second kappa shape index (κ2) is 11.3. The third-order valence-electron chi connectivity index (χ3n) is 6.02. The standard InChI is InChI=1S/C23H37N5O2/c1-4-24-23(28-12-11-21(18-28)27-13-15-30-16-14-27)25-17-19-7-9-20(10-8-19)22(29)26(5-2)6-3/h7-10,21H,4-6,11-18H2,1-3H3,(H,24,25). The minimum absolute atomic E-state index is 0.0922. The molecule has 0 saturated carbocycles. The van der Waals surface area contributed by atoms with Gasteiger partial charge >= 0.3 is 0 Å². The number of hydrogen-bond donors (Lipinski definition) is 1. The Morgan fingerprint density at radius 3 is 2.47 bits per heavy atom. The van der Waals surface area contributed by atoms with Crippen LogP contribution in [0, 0.1) is 0 Å². The molecule has 3 rings (SSSR count). The summed E-state index contributed by atoms with van der Waals surface area (Å²) in [6.07, 6.45) is 1.17. The van der Waals surface area contributed by atoms with Gasteiger partial charge in [0, 0.05) is 57.4 Å². The fourth-order valence-electron chi connectivity index (χ4n) is 4.21. The first kappa shape index (κ1) is 22.6. The number of carbonyl (C=O) groups is 1. The van der Waals surface area contributed by atoms with Crippen molar-refractivity contribution in [1.29, 1.82) is 0 Å². The van der Waals surface area contributed by atoms with Crippen molar-refractivity contribution in [3.05, 3.63) is 35.4 Å². The van der Waals surface area contributed by atoms with Crippen LogP contribution in [0.3, 0.4) is 0 Å². The summed E-state index contributed by atoms with van der Waals surface area (Å²) in [4.78, 5) is 24.1. The van der Waals surface area contributed by atoms with E-state index in [4.69, 9.17) is 9.73 Å². The first-order valence-corrected chi connectivity index (χ1v) is 11.4. The number of hydrogen-bond acceptors (Lipinski definition) is 4. The van der Waals surface area contributed by atoms with E-state index in [2.05, 4.69) is 22.0 Å². The molecule has 7 nitrogen and oxygen atoms in total. The highest BCUT2D eigenvalue weighted by Crippen LogP contribution is 2.17. The number of rotatable bonds is 7. The quantitative estimate of drug-likeness (QED) is 0.546. The van der Waals surface area contributed by atoms with Crippen LogP contribution in [0.5, 0.6) is 0 Å². The average Bonchev–Trinajstić information content (AvgIpc) is 3.28. The molecule has 0 bridgehead atoms. The van der Waals surface area contributed by atoms with Crippen molar-refractivity contribution >= 4 is 11.9 Å². The van der Waals surface area contributed by atoms with Crippen molar-refractivity contribution in [3.63, 3.8) is 0 Å². The largest absolute Gasteiger partial charge is 0.379 e. The smallest absolute Gasteiger partial charge is 0.253 e. The molecule has 1 amide bonds. The Labute approximate surface area is 181 Å². The van der Waals surface area contributed by atoms with Gasteiger partial charge in [-0.15, -0.1) is 0 Å². The van der Waals surface area contributed by atoms with Gasteiger partial charge in [-0.1, -0.05) is 12.1 Å². The summed E-state index contributed by atoms with van der Waals surface area (Å²) in [7, 11) is 0. The second-order valence-corrected chi connectivity index (χ2v) is 7.88. The van der Waals surface area contributed by atoms with Crippen LogP contribution in [0.1, 0.15) is 43.1 Å². The van der Waals surface area contributed by atoms with Gasteiger partial charge in [0.15, 0.2) is 5.96 Å². The molecule has 0 aliphatic carbocycles. The summed E-state index contributed by atoms with van der Waals surface area (Å²) in [5.74, 6) is 1.08. The number of aliphatic imine (C=N–C) groups is 1. The molecule has 0 radical (unpaired) electrons. The molecular formula is C23H37N5O2. The lowest BCUT2D eigenvalue weighted by molar-refractivity contribution is 0.0195. The number of ether oxygens (including phenoxy) is 1. The zero-order chi connectivity index (χ0) is 21.3. The summed E-state index contributed by atoms with van der Waals surface area (Å²) >= 11 is 0. The highest BCUT2D eigenvalue weighted by Gasteiger charge is 2.30. The highest BCUT2D eigenvalue weighted by atomic mass is 16.5. The molecule has 7 heteroatoms. The molecule has 166 valence electrons. The van der Waals surface area contributed by atoms with Gasteiger partial charge in [-0.2, -0.15) is 0 Å². The Hall–Kier alpha value is -2.12. The van der Waals surface area contributed by atoms with Crippen LogP contribution in [0.2, 0.25) is 0 Å². The summed E-state index contributed by atoms with van der Waals surface area (Å²) in [5.41, 5.74) is 1.86. The van der Waals surface area contributed by atoms with E-state index in [0.717, 1.165) is 76.1 Å². The van der Waals surface area contributed by atoms with Gasteiger partial charge in [0.05, 0.1) is 19.8 Å². The molecule has 1 aromatic rings. The van der Waals surface area contributed by atoms with Gasteiger partial charge < -0.3 is 19.9 Å². The van der Waals surface area contributed by atoms with Crippen LogP contribution < -0.4 is 5.32 Å². The SMILES string of the molecule is CCNC(=NCc1ccc(C(=O)N(CC)CC)cc1)N1CCC(N2CCOCC2)C1. The third-order valence-corrected chi connectivity index (χ3v) is 6.02. The van der Waals surface area contributed by atoms with Crippen LogP contribution in [-0.4, -0.2) is 91.6 Å². The van der Waals surface area contributed by atoms with Gasteiger partial charge in [0.25, 0.3) is 5.91 Å². The molecule has 2 heterocycles. The van der Waals surface area contributed by atoms with Crippen molar-refractivity contribution in [2.75, 3.05) is 59.0 Å². The zero-order valence-corrected chi connectivity index (χ0v) is 18.8. The summed E-state index contributed by atoms with van der Waals surface area (Å²) < 4.78 is 5.49. The van der Waals surface area contributed by atoms with Crippen molar-refractivity contribution in [2.45, 2.75) is 39.8 Å². The van der Waals surface area contributed by atoms with Gasteiger partial charge in [0.1, 0.15) is 0 Å². The van der Waals surface area contributed by atoms with Crippen molar-refractivity contribution in [3.8, 4) is 0 Å². The van der Waals surface area contributed by atoms with Crippen molar-refractivity contribution in [2.24, 2.45) is 4.99 Å². The summed E-state index contributed by atoms with van der Waals surface area (Å²) in [5, 5.41) is 3.45. The maximum atomic E-state index is 12.5. The van der Waals surface area contributed by atoms with E-state index in [-0.39, 0.29) is 5.91 Å². The number of morpholine rings is 1. The molecule has 1 atom stereocenters. The molecule has 0 aromatic heterocycles.